The highest BCUT2D eigenvalue weighted by Crippen LogP contribution is 2.32. The van der Waals surface area contributed by atoms with Gasteiger partial charge in [-0.25, -0.2) is 9.66 Å². The normalized spacial score (nSPS) is 13.5. The number of nitrogens with zero attached hydrogens (tertiary/aromatic N) is 4. The molecule has 0 aliphatic heterocycles. The summed E-state index contributed by atoms with van der Waals surface area (Å²) in [5, 5.41) is 13.1. The molecule has 2 aromatic carbocycles. The van der Waals surface area contributed by atoms with E-state index in [1.165, 1.54) is 40.4 Å². The number of fused-ring (bicyclic) bond motifs is 1. The molecule has 0 unspecified atom stereocenters. The molecule has 0 radical (unpaired) electrons. The van der Waals surface area contributed by atoms with E-state index in [0.29, 0.717) is 17.5 Å². The molecule has 0 saturated carbocycles. The van der Waals surface area contributed by atoms with Crippen LogP contribution in [0.4, 0.5) is 0 Å². The van der Waals surface area contributed by atoms with E-state index < -0.39 is 0 Å². The number of carbonyl (C=O) groups is 1. The Morgan fingerprint density at radius 2 is 1.94 bits per heavy atom. The number of aryl methyl sites for hydroxylation is 1. The van der Waals surface area contributed by atoms with Crippen molar-refractivity contribution in [1.29, 1.82) is 0 Å². The zero-order valence-corrected chi connectivity index (χ0v) is 21.2. The molecule has 2 aromatic heterocycles. The number of amides is 1. The lowest BCUT2D eigenvalue weighted by Crippen LogP contribution is -2.27. The molecule has 0 bridgehead atoms. The van der Waals surface area contributed by atoms with Crippen molar-refractivity contribution in [1.82, 2.24) is 25.2 Å². The number of aromatic nitrogens is 4. The third kappa shape index (κ3) is 5.44. The van der Waals surface area contributed by atoms with Gasteiger partial charge in [0, 0.05) is 23.1 Å². The summed E-state index contributed by atoms with van der Waals surface area (Å²) in [4.78, 5) is 17.2. The van der Waals surface area contributed by atoms with Gasteiger partial charge in [-0.1, -0.05) is 71.4 Å². The number of hydrogen-bond acceptors (Lipinski definition) is 6. The van der Waals surface area contributed by atoms with Gasteiger partial charge in [0.1, 0.15) is 0 Å². The first-order valence-corrected chi connectivity index (χ1v) is 13.3. The van der Waals surface area contributed by atoms with Crippen LogP contribution < -0.4 is 11.2 Å². The molecule has 36 heavy (non-hydrogen) atoms. The molecule has 5 rings (SSSR count). The number of hydrogen-bond donors (Lipinski definition) is 2. The van der Waals surface area contributed by atoms with Crippen molar-refractivity contribution < 1.29 is 4.79 Å². The minimum atomic E-state index is -0.0306. The van der Waals surface area contributed by atoms with Crippen molar-refractivity contribution in [3.8, 4) is 22.6 Å². The first-order chi connectivity index (χ1) is 17.6. The predicted molar refractivity (Wildman–Crippen MR) is 146 cm³/mol. The van der Waals surface area contributed by atoms with Crippen molar-refractivity contribution in [3.63, 3.8) is 0 Å². The summed E-state index contributed by atoms with van der Waals surface area (Å²) in [6.45, 7) is 2.73. The topological polar surface area (TPSA) is 98.7 Å². The van der Waals surface area contributed by atoms with Gasteiger partial charge in [-0.05, 0) is 51.2 Å². The summed E-state index contributed by atoms with van der Waals surface area (Å²) in [6.07, 6.45) is 8.08. The van der Waals surface area contributed by atoms with Crippen LogP contribution in [-0.4, -0.2) is 38.1 Å². The third-order valence-electron chi connectivity index (χ3n) is 6.45. The number of nitrogens with one attached hydrogen (secondary N) is 1. The summed E-state index contributed by atoms with van der Waals surface area (Å²) < 4.78 is 1.46. The fourth-order valence-corrected chi connectivity index (χ4v) is 5.15. The average Bonchev–Trinajstić information content (AvgIpc) is 3.27. The Hall–Kier alpha value is -3.65. The van der Waals surface area contributed by atoms with Crippen molar-refractivity contribution in [2.75, 3.05) is 18.1 Å². The number of benzene rings is 2. The SMILES string of the molecule is Cc1ccc(-c2cc(-c3nnc(SCC(=O)NCCC4=CCCCC4)n3N)c3ccccc3n2)cc1. The monoisotopic (exact) mass is 498 g/mol. The van der Waals surface area contributed by atoms with E-state index >= 15 is 0 Å². The zero-order valence-electron chi connectivity index (χ0n) is 20.4. The minimum Gasteiger partial charge on any atom is -0.355 e. The molecule has 1 amide bonds. The second-order valence-corrected chi connectivity index (χ2v) is 10.1. The van der Waals surface area contributed by atoms with Crippen LogP contribution in [0.25, 0.3) is 33.5 Å². The lowest BCUT2D eigenvalue weighted by Gasteiger charge is -2.12. The molecule has 0 saturated heterocycles. The van der Waals surface area contributed by atoms with Crippen LogP contribution in [0.5, 0.6) is 0 Å². The van der Waals surface area contributed by atoms with E-state index in [9.17, 15) is 4.79 Å². The number of nitrogen functional groups attached to an aromatic ring is 1. The van der Waals surface area contributed by atoms with E-state index in [-0.39, 0.29) is 11.7 Å². The number of carbonyl (C=O) groups excluding carboxylic acids is 1. The van der Waals surface area contributed by atoms with Crippen LogP contribution >= 0.6 is 11.8 Å². The van der Waals surface area contributed by atoms with Crippen LogP contribution in [0.2, 0.25) is 0 Å². The van der Waals surface area contributed by atoms with Crippen molar-refractivity contribution in [3.05, 3.63) is 71.8 Å². The summed E-state index contributed by atoms with van der Waals surface area (Å²) in [6, 6.07) is 18.2. The predicted octanol–water partition coefficient (Wildman–Crippen LogP) is 5.28. The van der Waals surface area contributed by atoms with Crippen LogP contribution in [0, 0.1) is 6.92 Å². The molecule has 0 fully saturated rings. The van der Waals surface area contributed by atoms with Crippen molar-refractivity contribution in [2.45, 2.75) is 44.2 Å². The number of nitrogens with two attached hydrogens (primary N) is 1. The molecule has 2 heterocycles. The molecule has 4 aromatic rings. The van der Waals surface area contributed by atoms with Gasteiger partial charge in [0.25, 0.3) is 0 Å². The van der Waals surface area contributed by atoms with Gasteiger partial charge in [0.15, 0.2) is 5.82 Å². The molecule has 3 N–H and O–H groups in total. The number of para-hydroxylation sites is 1. The molecular weight excluding hydrogens is 468 g/mol. The Bertz CT molecular complexity index is 1410. The first-order valence-electron chi connectivity index (χ1n) is 12.3. The fraction of sp³-hybridized carbons (Fsp3) is 0.286. The standard InChI is InChI=1S/C28H30N6OS/c1-19-11-13-21(14-12-19)25-17-23(22-9-5-6-10-24(22)31-25)27-32-33-28(34(27)29)36-18-26(35)30-16-15-20-7-3-2-4-8-20/h5-7,9-14,17H,2-4,8,15-16,18,29H2,1H3,(H,30,35). The molecule has 184 valence electrons. The van der Waals surface area contributed by atoms with Crippen molar-refractivity contribution in [2.24, 2.45) is 0 Å². The van der Waals surface area contributed by atoms with Gasteiger partial charge in [0.05, 0.1) is 17.0 Å². The maximum absolute atomic E-state index is 12.4. The second-order valence-electron chi connectivity index (χ2n) is 9.11. The Labute approximate surface area is 215 Å². The number of rotatable bonds is 8. The smallest absolute Gasteiger partial charge is 0.230 e. The molecular formula is C28H30N6OS. The molecule has 8 heteroatoms. The maximum Gasteiger partial charge on any atom is 0.230 e. The van der Waals surface area contributed by atoms with E-state index in [0.717, 1.165) is 47.0 Å². The average molecular weight is 499 g/mol. The lowest BCUT2D eigenvalue weighted by atomic mass is 9.97. The Morgan fingerprint density at radius 1 is 1.11 bits per heavy atom. The molecule has 0 spiro atoms. The Balaban J connectivity index is 1.32. The number of pyridine rings is 1. The van der Waals surface area contributed by atoms with Crippen molar-refractivity contribution >= 4 is 28.6 Å². The third-order valence-corrected chi connectivity index (χ3v) is 7.40. The molecule has 7 nitrogen and oxygen atoms in total. The highest BCUT2D eigenvalue weighted by molar-refractivity contribution is 7.99. The van der Waals surface area contributed by atoms with Gasteiger partial charge >= 0.3 is 0 Å². The second kappa shape index (κ2) is 11.0. The summed E-state index contributed by atoms with van der Waals surface area (Å²) >= 11 is 1.29. The summed E-state index contributed by atoms with van der Waals surface area (Å²) in [5.41, 5.74) is 6.21. The summed E-state index contributed by atoms with van der Waals surface area (Å²) in [7, 11) is 0. The summed E-state index contributed by atoms with van der Waals surface area (Å²) in [5.74, 6) is 7.17. The molecule has 0 atom stereocenters. The van der Waals surface area contributed by atoms with Crippen LogP contribution in [-0.2, 0) is 4.79 Å². The van der Waals surface area contributed by atoms with Crippen LogP contribution in [0.3, 0.4) is 0 Å². The highest BCUT2D eigenvalue weighted by atomic mass is 32.2. The van der Waals surface area contributed by atoms with Gasteiger partial charge in [-0.2, -0.15) is 0 Å². The first kappa shape index (κ1) is 24.1. The number of thioether (sulfide) groups is 1. The van der Waals surface area contributed by atoms with E-state index in [2.05, 4.69) is 52.8 Å². The fourth-order valence-electron chi connectivity index (χ4n) is 4.47. The zero-order chi connectivity index (χ0) is 24.9. The quantitative estimate of drug-likeness (QED) is 0.195. The van der Waals surface area contributed by atoms with Gasteiger partial charge in [0.2, 0.25) is 11.1 Å². The Morgan fingerprint density at radius 3 is 2.75 bits per heavy atom. The van der Waals surface area contributed by atoms with Gasteiger partial charge in [-0.15, -0.1) is 10.2 Å². The van der Waals surface area contributed by atoms with E-state index in [1.807, 2.05) is 30.3 Å². The minimum absolute atomic E-state index is 0.0306. The maximum atomic E-state index is 12.4. The number of allylic oxidation sites excluding steroid dienone is 1. The molecule has 1 aliphatic carbocycles. The molecule has 1 aliphatic rings. The lowest BCUT2D eigenvalue weighted by molar-refractivity contribution is -0.118. The van der Waals surface area contributed by atoms with Gasteiger partial charge in [-0.3, -0.25) is 4.79 Å². The van der Waals surface area contributed by atoms with E-state index in [1.54, 1.807) is 0 Å². The van der Waals surface area contributed by atoms with E-state index in [4.69, 9.17) is 10.8 Å². The van der Waals surface area contributed by atoms with Crippen LogP contribution in [0.15, 0.2) is 71.4 Å². The van der Waals surface area contributed by atoms with Crippen LogP contribution in [0.1, 0.15) is 37.7 Å². The Kier molecular flexibility index (Phi) is 7.32. The largest absolute Gasteiger partial charge is 0.355 e. The van der Waals surface area contributed by atoms with Gasteiger partial charge < -0.3 is 11.2 Å². The highest BCUT2D eigenvalue weighted by Gasteiger charge is 2.18.